The van der Waals surface area contributed by atoms with Crippen LogP contribution in [0.5, 0.6) is 0 Å². The minimum absolute atomic E-state index is 0.631. The van der Waals surface area contributed by atoms with Gasteiger partial charge < -0.3 is 4.57 Å². The van der Waals surface area contributed by atoms with Gasteiger partial charge in [0.2, 0.25) is 0 Å². The van der Waals surface area contributed by atoms with E-state index in [0.717, 1.165) is 49.6 Å². The standard InChI is InChI=1S/C57H36N4/c1-4-14-37(15-5-1)41-24-25-43-35-45(27-26-42(43)34-41)56-58-55(40-19-8-3-9-20-40)59-57(60-56)49-30-33-51(48-23-13-12-22-47(48)49)61-52-31-29-44(38-16-6-2-7-17-38)36-50(52)54-46-21-11-10-18-39(46)28-32-53(54)61/h1-36H. The third-order valence-electron chi connectivity index (χ3n) is 12.0. The van der Waals surface area contributed by atoms with Gasteiger partial charge in [-0.3, -0.25) is 0 Å². The van der Waals surface area contributed by atoms with E-state index in [2.05, 4.69) is 205 Å². The van der Waals surface area contributed by atoms with Crippen LogP contribution in [0.25, 0.3) is 116 Å². The molecule has 0 unspecified atom stereocenters. The second kappa shape index (κ2) is 14.3. The highest BCUT2D eigenvalue weighted by Crippen LogP contribution is 2.42. The van der Waals surface area contributed by atoms with Crippen molar-refractivity contribution >= 4 is 54.1 Å². The van der Waals surface area contributed by atoms with E-state index in [-0.39, 0.29) is 0 Å². The molecule has 0 aliphatic carbocycles. The monoisotopic (exact) mass is 776 g/mol. The molecule has 284 valence electrons. The van der Waals surface area contributed by atoms with Gasteiger partial charge in [-0.25, -0.2) is 15.0 Å². The Bertz CT molecular complexity index is 3630. The number of hydrogen-bond acceptors (Lipinski definition) is 3. The van der Waals surface area contributed by atoms with Gasteiger partial charge in [0.05, 0.1) is 16.7 Å². The fraction of sp³-hybridized carbons (Fsp3) is 0. The quantitative estimate of drug-likeness (QED) is 0.169. The summed E-state index contributed by atoms with van der Waals surface area (Å²) in [5.41, 5.74) is 11.0. The lowest BCUT2D eigenvalue weighted by molar-refractivity contribution is 1.08. The van der Waals surface area contributed by atoms with Gasteiger partial charge in [0.15, 0.2) is 17.5 Å². The number of hydrogen-bond donors (Lipinski definition) is 0. The highest BCUT2D eigenvalue weighted by atomic mass is 15.0. The Labute approximate surface area is 352 Å². The molecule has 0 bridgehead atoms. The van der Waals surface area contributed by atoms with Crippen molar-refractivity contribution < 1.29 is 0 Å². The lowest BCUT2D eigenvalue weighted by Crippen LogP contribution is -2.02. The van der Waals surface area contributed by atoms with Crippen molar-refractivity contribution in [3.8, 4) is 62.1 Å². The van der Waals surface area contributed by atoms with E-state index < -0.39 is 0 Å². The first-order valence-corrected chi connectivity index (χ1v) is 20.7. The zero-order valence-corrected chi connectivity index (χ0v) is 33.1. The van der Waals surface area contributed by atoms with Crippen LogP contribution in [0.4, 0.5) is 0 Å². The number of aromatic nitrogens is 4. The Morgan fingerprint density at radius 1 is 0.279 bits per heavy atom. The molecule has 0 saturated carbocycles. The number of nitrogens with zero attached hydrogens (tertiary/aromatic N) is 4. The van der Waals surface area contributed by atoms with Crippen LogP contribution < -0.4 is 0 Å². The van der Waals surface area contributed by atoms with Gasteiger partial charge in [-0.05, 0) is 91.6 Å². The Morgan fingerprint density at radius 3 is 1.51 bits per heavy atom. The maximum absolute atomic E-state index is 5.26. The molecule has 0 atom stereocenters. The molecule has 0 spiro atoms. The zero-order valence-electron chi connectivity index (χ0n) is 33.1. The highest BCUT2D eigenvalue weighted by molar-refractivity contribution is 6.22. The zero-order chi connectivity index (χ0) is 40.3. The van der Waals surface area contributed by atoms with Crippen molar-refractivity contribution in [1.29, 1.82) is 0 Å². The molecule has 0 N–H and O–H groups in total. The summed E-state index contributed by atoms with van der Waals surface area (Å²) in [6.45, 7) is 0. The van der Waals surface area contributed by atoms with Crippen LogP contribution in [-0.4, -0.2) is 19.5 Å². The molecule has 12 rings (SSSR count). The molecular weight excluding hydrogens is 741 g/mol. The molecule has 4 heteroatoms. The van der Waals surface area contributed by atoms with Crippen molar-refractivity contribution in [3.63, 3.8) is 0 Å². The van der Waals surface area contributed by atoms with E-state index in [1.54, 1.807) is 0 Å². The Hall–Kier alpha value is -8.21. The molecule has 0 fully saturated rings. The van der Waals surface area contributed by atoms with Crippen LogP contribution in [0, 0.1) is 0 Å². The van der Waals surface area contributed by atoms with E-state index in [0.29, 0.717) is 17.5 Å². The molecule has 0 aliphatic heterocycles. The Morgan fingerprint density at radius 2 is 0.787 bits per heavy atom. The van der Waals surface area contributed by atoms with Gasteiger partial charge in [0.1, 0.15) is 0 Å². The second-order valence-electron chi connectivity index (χ2n) is 15.6. The predicted octanol–water partition coefficient (Wildman–Crippen LogP) is 14.8. The predicted molar refractivity (Wildman–Crippen MR) is 254 cm³/mol. The first-order chi connectivity index (χ1) is 30.2. The van der Waals surface area contributed by atoms with E-state index in [9.17, 15) is 0 Å². The molecular formula is C57H36N4. The van der Waals surface area contributed by atoms with Crippen molar-refractivity contribution in [2.75, 3.05) is 0 Å². The number of fused-ring (bicyclic) bond motifs is 7. The van der Waals surface area contributed by atoms with Gasteiger partial charge in [0, 0.05) is 32.8 Å². The summed E-state index contributed by atoms with van der Waals surface area (Å²) < 4.78 is 2.44. The molecule has 0 aliphatic rings. The van der Waals surface area contributed by atoms with E-state index in [1.807, 2.05) is 18.2 Å². The van der Waals surface area contributed by atoms with Crippen molar-refractivity contribution in [3.05, 3.63) is 218 Å². The topological polar surface area (TPSA) is 43.6 Å². The molecule has 12 aromatic rings. The summed E-state index contributed by atoms with van der Waals surface area (Å²) in [6, 6.07) is 77.6. The summed E-state index contributed by atoms with van der Waals surface area (Å²) in [6.07, 6.45) is 0. The largest absolute Gasteiger partial charge is 0.309 e. The minimum Gasteiger partial charge on any atom is -0.309 e. The van der Waals surface area contributed by atoms with Gasteiger partial charge in [-0.1, -0.05) is 176 Å². The third kappa shape index (κ3) is 5.96. The summed E-state index contributed by atoms with van der Waals surface area (Å²) in [4.78, 5) is 15.6. The summed E-state index contributed by atoms with van der Waals surface area (Å²) in [5.74, 6) is 1.90. The molecule has 0 saturated heterocycles. The van der Waals surface area contributed by atoms with Crippen molar-refractivity contribution in [2.24, 2.45) is 0 Å². The first-order valence-electron chi connectivity index (χ1n) is 20.7. The van der Waals surface area contributed by atoms with Crippen molar-refractivity contribution in [1.82, 2.24) is 19.5 Å². The van der Waals surface area contributed by atoms with Crippen LogP contribution in [-0.2, 0) is 0 Å². The summed E-state index contributed by atoms with van der Waals surface area (Å²) >= 11 is 0. The lowest BCUT2D eigenvalue weighted by Gasteiger charge is -2.15. The average molecular weight is 777 g/mol. The smallest absolute Gasteiger partial charge is 0.164 e. The van der Waals surface area contributed by atoms with Crippen LogP contribution >= 0.6 is 0 Å². The van der Waals surface area contributed by atoms with Gasteiger partial charge >= 0.3 is 0 Å². The van der Waals surface area contributed by atoms with E-state index in [4.69, 9.17) is 15.0 Å². The van der Waals surface area contributed by atoms with E-state index in [1.165, 1.54) is 49.2 Å². The summed E-state index contributed by atoms with van der Waals surface area (Å²) in [7, 11) is 0. The summed E-state index contributed by atoms with van der Waals surface area (Å²) in [5, 5.41) is 9.42. The van der Waals surface area contributed by atoms with Crippen LogP contribution in [0.1, 0.15) is 0 Å². The fourth-order valence-electron chi connectivity index (χ4n) is 9.07. The van der Waals surface area contributed by atoms with Crippen molar-refractivity contribution in [2.45, 2.75) is 0 Å². The number of benzene rings is 10. The van der Waals surface area contributed by atoms with Crippen LogP contribution in [0.3, 0.4) is 0 Å². The van der Waals surface area contributed by atoms with Crippen LogP contribution in [0.2, 0.25) is 0 Å². The molecule has 4 nitrogen and oxygen atoms in total. The Balaban J connectivity index is 1.05. The molecule has 0 radical (unpaired) electrons. The molecule has 2 heterocycles. The first kappa shape index (κ1) is 34.8. The molecule has 0 amide bonds. The second-order valence-corrected chi connectivity index (χ2v) is 15.6. The fourth-order valence-corrected chi connectivity index (χ4v) is 9.07. The Kier molecular flexibility index (Phi) is 8.13. The minimum atomic E-state index is 0.631. The van der Waals surface area contributed by atoms with Gasteiger partial charge in [-0.2, -0.15) is 0 Å². The van der Waals surface area contributed by atoms with E-state index >= 15 is 0 Å². The molecule has 61 heavy (non-hydrogen) atoms. The normalized spacial score (nSPS) is 11.6. The van der Waals surface area contributed by atoms with Crippen LogP contribution in [0.15, 0.2) is 218 Å². The highest BCUT2D eigenvalue weighted by Gasteiger charge is 2.20. The van der Waals surface area contributed by atoms with Gasteiger partial charge in [-0.15, -0.1) is 0 Å². The maximum Gasteiger partial charge on any atom is 0.164 e. The SMILES string of the molecule is c1ccc(-c2ccc3cc(-c4nc(-c5ccccc5)nc(-c5ccc(-n6c7ccc(-c8ccccc8)cc7c7c8ccccc8ccc76)c6ccccc56)n4)ccc3c2)cc1. The van der Waals surface area contributed by atoms with Gasteiger partial charge in [0.25, 0.3) is 0 Å². The maximum atomic E-state index is 5.26. The molecule has 10 aromatic carbocycles. The third-order valence-corrected chi connectivity index (χ3v) is 12.0. The lowest BCUT2D eigenvalue weighted by atomic mass is 9.99. The average Bonchev–Trinajstić information content (AvgIpc) is 3.68. The molecule has 2 aromatic heterocycles. The number of rotatable bonds is 6.